The number of carbonyl (C=O) groups is 2. The molecule has 0 aromatic rings. The molecule has 0 amide bonds. The average Bonchev–Trinajstić information content (AvgIpc) is 3.21. The molecule has 4 rings (SSSR count). The Morgan fingerprint density at radius 1 is 1.31 bits per heavy atom. The van der Waals surface area contributed by atoms with Gasteiger partial charge in [0.25, 0.3) is 0 Å². The smallest absolute Gasteiger partial charge is 0.303 e. The van der Waals surface area contributed by atoms with E-state index in [1.165, 1.54) is 6.92 Å². The van der Waals surface area contributed by atoms with E-state index in [1.54, 1.807) is 13.0 Å². The van der Waals surface area contributed by atoms with Crippen molar-refractivity contribution >= 4 is 11.8 Å². The van der Waals surface area contributed by atoms with E-state index >= 15 is 0 Å². The molecule has 0 heterocycles. The van der Waals surface area contributed by atoms with Crippen LogP contribution in [0.15, 0.2) is 23.3 Å². The molecule has 1 unspecified atom stereocenters. The number of ether oxygens (including phenoxy) is 1. The summed E-state index contributed by atoms with van der Waals surface area (Å²) < 4.78 is 5.62. The van der Waals surface area contributed by atoms with Gasteiger partial charge < -0.3 is 20.1 Å². The van der Waals surface area contributed by atoms with Crippen molar-refractivity contribution in [2.24, 2.45) is 23.7 Å². The molecule has 142 valence electrons. The summed E-state index contributed by atoms with van der Waals surface area (Å²) in [4.78, 5) is 24.3. The third-order valence-electron chi connectivity index (χ3n) is 7.13. The number of hydrogen-bond acceptors (Lipinski definition) is 6. The van der Waals surface area contributed by atoms with Crippen molar-refractivity contribution in [3.05, 3.63) is 23.3 Å². The van der Waals surface area contributed by atoms with Gasteiger partial charge in [-0.1, -0.05) is 19.1 Å². The Labute approximate surface area is 152 Å². The van der Waals surface area contributed by atoms with Gasteiger partial charge in [0.05, 0.1) is 12.2 Å². The lowest BCUT2D eigenvalue weighted by Crippen LogP contribution is -2.61. The van der Waals surface area contributed by atoms with Crippen LogP contribution in [0.2, 0.25) is 0 Å². The van der Waals surface area contributed by atoms with Crippen LogP contribution in [0.3, 0.4) is 0 Å². The summed E-state index contributed by atoms with van der Waals surface area (Å²) in [7, 11) is 0. The molecule has 4 aliphatic rings. The molecular weight excluding hydrogens is 336 g/mol. The van der Waals surface area contributed by atoms with Crippen LogP contribution in [0.1, 0.15) is 40.0 Å². The molecule has 0 spiro atoms. The van der Waals surface area contributed by atoms with Gasteiger partial charge in [-0.25, -0.2) is 0 Å². The van der Waals surface area contributed by atoms with Crippen LogP contribution < -0.4 is 0 Å². The molecule has 0 saturated heterocycles. The summed E-state index contributed by atoms with van der Waals surface area (Å²) in [6, 6.07) is 0. The molecular formula is C20H26O6. The van der Waals surface area contributed by atoms with E-state index in [-0.39, 0.29) is 42.5 Å². The van der Waals surface area contributed by atoms with E-state index in [9.17, 15) is 24.9 Å². The van der Waals surface area contributed by atoms with E-state index in [0.29, 0.717) is 24.0 Å². The van der Waals surface area contributed by atoms with Gasteiger partial charge in [0, 0.05) is 31.1 Å². The van der Waals surface area contributed by atoms with Gasteiger partial charge in [-0.2, -0.15) is 0 Å². The fourth-order valence-electron chi connectivity index (χ4n) is 5.96. The van der Waals surface area contributed by atoms with Crippen LogP contribution in [0.25, 0.3) is 0 Å². The van der Waals surface area contributed by atoms with Crippen LogP contribution in [0.4, 0.5) is 0 Å². The maximum absolute atomic E-state index is 12.7. The second kappa shape index (κ2) is 5.27. The molecule has 26 heavy (non-hydrogen) atoms. The summed E-state index contributed by atoms with van der Waals surface area (Å²) in [6.07, 6.45) is 4.68. The van der Waals surface area contributed by atoms with Crippen LogP contribution in [-0.4, -0.2) is 50.5 Å². The summed E-state index contributed by atoms with van der Waals surface area (Å²) in [5, 5.41) is 32.9. The summed E-state index contributed by atoms with van der Waals surface area (Å²) >= 11 is 0. The first kappa shape index (κ1) is 17.9. The van der Waals surface area contributed by atoms with Gasteiger partial charge in [0.2, 0.25) is 0 Å². The van der Waals surface area contributed by atoms with Crippen molar-refractivity contribution in [1.29, 1.82) is 0 Å². The largest absolute Gasteiger partial charge is 0.459 e. The molecule has 0 bridgehead atoms. The monoisotopic (exact) mass is 362 g/mol. The van der Waals surface area contributed by atoms with Gasteiger partial charge in [-0.05, 0) is 36.8 Å². The van der Waals surface area contributed by atoms with Gasteiger partial charge in [-0.15, -0.1) is 0 Å². The number of fused-ring (bicyclic) bond motifs is 5. The molecule has 6 heteroatoms. The molecule has 7 atom stereocenters. The van der Waals surface area contributed by atoms with Crippen LogP contribution in [0, 0.1) is 23.7 Å². The molecule has 6 nitrogen and oxygen atoms in total. The minimum atomic E-state index is -1.73. The zero-order valence-electron chi connectivity index (χ0n) is 15.4. The number of carbonyl (C=O) groups excluding carboxylic acids is 2. The zero-order chi connectivity index (χ0) is 19.1. The lowest BCUT2D eigenvalue weighted by molar-refractivity contribution is -0.185. The van der Waals surface area contributed by atoms with Crippen molar-refractivity contribution < 1.29 is 29.6 Å². The van der Waals surface area contributed by atoms with E-state index in [1.807, 2.05) is 13.0 Å². The molecule has 4 aliphatic carbocycles. The highest BCUT2D eigenvalue weighted by atomic mass is 16.6. The van der Waals surface area contributed by atoms with Gasteiger partial charge >= 0.3 is 5.97 Å². The minimum absolute atomic E-state index is 0.0135. The Hall–Kier alpha value is -1.50. The first-order valence-electron chi connectivity index (χ1n) is 9.26. The molecule has 3 N–H and O–H groups in total. The molecule has 2 saturated carbocycles. The highest BCUT2D eigenvalue weighted by Gasteiger charge is 2.74. The van der Waals surface area contributed by atoms with Gasteiger partial charge in [0.15, 0.2) is 5.78 Å². The maximum atomic E-state index is 12.7. The van der Waals surface area contributed by atoms with Crippen molar-refractivity contribution in [3.63, 3.8) is 0 Å². The number of rotatable bonds is 2. The third-order valence-corrected chi connectivity index (χ3v) is 7.13. The van der Waals surface area contributed by atoms with E-state index in [0.717, 1.165) is 0 Å². The molecule has 0 aliphatic heterocycles. The Morgan fingerprint density at radius 3 is 2.62 bits per heavy atom. The van der Waals surface area contributed by atoms with Gasteiger partial charge in [0.1, 0.15) is 11.2 Å². The van der Waals surface area contributed by atoms with Crippen molar-refractivity contribution in [2.45, 2.75) is 56.8 Å². The second-order valence-electron chi connectivity index (χ2n) is 8.73. The lowest BCUT2D eigenvalue weighted by atomic mass is 9.60. The maximum Gasteiger partial charge on any atom is 0.303 e. The fraction of sp³-hybridized carbons (Fsp3) is 0.700. The van der Waals surface area contributed by atoms with E-state index in [2.05, 4.69) is 0 Å². The number of aliphatic hydroxyl groups excluding tert-OH is 1. The standard InChI is InChI=1S/C20H26O6/c1-10-4-16-19(24,17(10)23)7-13(9-21)5-14-15-8-18(15,26-12(3)22)6-11(2)20(14,16)25/h4-5,11,14-16,21,24-25H,6-9H2,1-3H3/t11-,14?,15+,16-,18-,19-,20-/m1/s1. The topological polar surface area (TPSA) is 104 Å². The highest BCUT2D eigenvalue weighted by Crippen LogP contribution is 2.67. The average molecular weight is 362 g/mol. The third kappa shape index (κ3) is 2.09. The summed E-state index contributed by atoms with van der Waals surface area (Å²) in [6.45, 7) is 4.65. The normalized spacial score (nSPS) is 49.2. The Kier molecular flexibility index (Phi) is 3.63. The molecule has 0 aromatic heterocycles. The predicted octanol–water partition coefficient (Wildman–Crippen LogP) is 0.894. The van der Waals surface area contributed by atoms with Gasteiger partial charge in [-0.3, -0.25) is 9.59 Å². The number of Topliss-reactive ketones (excluding diaryl/α,β-unsaturated/α-hetero) is 1. The fourth-order valence-corrected chi connectivity index (χ4v) is 5.96. The first-order valence-corrected chi connectivity index (χ1v) is 9.26. The summed E-state index contributed by atoms with van der Waals surface area (Å²) in [5.41, 5.74) is -2.64. The Balaban J connectivity index is 1.83. The van der Waals surface area contributed by atoms with Crippen LogP contribution >= 0.6 is 0 Å². The van der Waals surface area contributed by atoms with E-state index < -0.39 is 22.7 Å². The first-order chi connectivity index (χ1) is 12.1. The molecule has 0 aromatic carbocycles. The highest BCUT2D eigenvalue weighted by molar-refractivity contribution is 6.04. The van der Waals surface area contributed by atoms with E-state index in [4.69, 9.17) is 4.74 Å². The quantitative estimate of drug-likeness (QED) is 0.498. The zero-order valence-corrected chi connectivity index (χ0v) is 15.4. The van der Waals surface area contributed by atoms with Crippen LogP contribution in [-0.2, 0) is 14.3 Å². The number of ketones is 1. The lowest BCUT2D eigenvalue weighted by Gasteiger charge is -2.50. The Bertz CT molecular complexity index is 753. The summed E-state index contributed by atoms with van der Waals surface area (Å²) in [5.74, 6) is -2.20. The van der Waals surface area contributed by atoms with Crippen LogP contribution in [0.5, 0.6) is 0 Å². The predicted molar refractivity (Wildman–Crippen MR) is 91.8 cm³/mol. The molecule has 2 fully saturated rings. The van der Waals surface area contributed by atoms with Crippen molar-refractivity contribution in [1.82, 2.24) is 0 Å². The Morgan fingerprint density at radius 2 is 2.00 bits per heavy atom. The van der Waals surface area contributed by atoms with Crippen molar-refractivity contribution in [2.75, 3.05) is 6.61 Å². The minimum Gasteiger partial charge on any atom is -0.459 e. The number of esters is 1. The number of hydrogen-bond donors (Lipinski definition) is 3. The second-order valence-corrected chi connectivity index (χ2v) is 8.73. The molecule has 0 radical (unpaired) electrons. The van der Waals surface area contributed by atoms with Crippen molar-refractivity contribution in [3.8, 4) is 0 Å². The number of aliphatic hydroxyl groups is 3. The SMILES string of the molecule is CC(=O)O[C@@]12C[C@@H](C)[C@@]3(O)C(C=C(CO)C[C@]4(O)C(=O)C(C)=C[C@@H]34)[C@@H]1C2.